The maximum absolute atomic E-state index is 12.2. The molecule has 1 aromatic carbocycles. The summed E-state index contributed by atoms with van der Waals surface area (Å²) in [6, 6.07) is 5.77. The molecular weight excluding hydrogens is 504 g/mol. The molecule has 0 saturated carbocycles. The quantitative estimate of drug-likeness (QED) is 0.438. The predicted molar refractivity (Wildman–Crippen MR) is 152 cm³/mol. The molecule has 206 valence electrons. The van der Waals surface area contributed by atoms with Gasteiger partial charge in [-0.15, -0.1) is 0 Å². The van der Waals surface area contributed by atoms with Crippen molar-refractivity contribution < 1.29 is 13.2 Å². The number of nitrogens with two attached hydrogens (primary N) is 1. The number of aromatic amines is 1. The van der Waals surface area contributed by atoms with Gasteiger partial charge in [-0.3, -0.25) is 14.4 Å². The van der Waals surface area contributed by atoms with E-state index in [4.69, 9.17) is 15.5 Å². The zero-order chi connectivity index (χ0) is 27.2. The number of H-pyrrole nitrogens is 1. The van der Waals surface area contributed by atoms with E-state index in [9.17, 15) is 8.42 Å². The van der Waals surface area contributed by atoms with Crippen molar-refractivity contribution in [3.05, 3.63) is 23.8 Å². The van der Waals surface area contributed by atoms with Crippen LogP contribution in [0.25, 0.3) is 0 Å². The second-order valence-electron chi connectivity index (χ2n) is 10.7. The van der Waals surface area contributed by atoms with Crippen molar-refractivity contribution >= 4 is 51.3 Å². The molecule has 2 saturated heterocycles. The van der Waals surface area contributed by atoms with Gasteiger partial charge in [0.2, 0.25) is 10.0 Å². The van der Waals surface area contributed by atoms with E-state index in [1.54, 1.807) is 7.05 Å². The first-order valence-corrected chi connectivity index (χ1v) is 15.0. The lowest BCUT2D eigenvalue weighted by molar-refractivity contribution is 0.0838. The number of fused-ring (bicyclic) bond motifs is 1. The third kappa shape index (κ3) is 4.58. The molecule has 1 spiro atoms. The number of piperidine rings is 1. The Hall–Kier alpha value is -2.96. The highest BCUT2D eigenvalue weighted by Gasteiger charge is 2.47. The molecule has 2 aromatic rings. The van der Waals surface area contributed by atoms with Crippen LogP contribution in [0.2, 0.25) is 0 Å². The van der Waals surface area contributed by atoms with Crippen LogP contribution in [0.1, 0.15) is 38.7 Å². The molecule has 0 bridgehead atoms. The molecule has 4 heterocycles. The fourth-order valence-corrected chi connectivity index (χ4v) is 6.54. The van der Waals surface area contributed by atoms with Gasteiger partial charge in [0.25, 0.3) is 0 Å². The van der Waals surface area contributed by atoms with Gasteiger partial charge in [-0.2, -0.15) is 5.10 Å². The number of benzene rings is 1. The fraction of sp³-hybridized carbons (Fsp3) is 0.577. The Kier molecular flexibility index (Phi) is 6.99. The van der Waals surface area contributed by atoms with E-state index in [0.717, 1.165) is 69.0 Å². The normalized spacial score (nSPS) is 23.6. The van der Waals surface area contributed by atoms with Gasteiger partial charge in [-0.1, -0.05) is 6.07 Å². The van der Waals surface area contributed by atoms with Crippen molar-refractivity contribution in [1.82, 2.24) is 15.1 Å². The molecule has 0 amide bonds. The zero-order valence-corrected chi connectivity index (χ0v) is 23.5. The van der Waals surface area contributed by atoms with Crippen LogP contribution in [0.3, 0.4) is 0 Å². The van der Waals surface area contributed by atoms with E-state index in [0.29, 0.717) is 23.0 Å². The number of hydrogen-bond acceptors (Lipinski definition) is 8. The van der Waals surface area contributed by atoms with E-state index in [1.807, 2.05) is 25.1 Å². The van der Waals surface area contributed by atoms with Crippen LogP contribution in [0.15, 0.2) is 28.2 Å². The van der Waals surface area contributed by atoms with E-state index in [1.165, 1.54) is 10.6 Å². The minimum Gasteiger partial charge on any atom is -0.376 e. The summed E-state index contributed by atoms with van der Waals surface area (Å²) in [5.74, 6) is 2.07. The Morgan fingerprint density at radius 3 is 2.68 bits per heavy atom. The molecule has 3 N–H and O–H groups in total. The lowest BCUT2D eigenvalue weighted by Gasteiger charge is -2.41. The summed E-state index contributed by atoms with van der Waals surface area (Å²) >= 11 is 0. The number of rotatable bonds is 5. The van der Waals surface area contributed by atoms with Crippen LogP contribution >= 0.6 is 0 Å². The first-order valence-electron chi connectivity index (χ1n) is 13.1. The molecular formula is C26H38N8O3S. The molecule has 3 aliphatic heterocycles. The second kappa shape index (κ2) is 9.97. The molecule has 1 aromatic heterocycles. The largest absolute Gasteiger partial charge is 0.376 e. The van der Waals surface area contributed by atoms with Crippen molar-refractivity contribution in [3.63, 3.8) is 0 Å². The third-order valence-electron chi connectivity index (χ3n) is 8.52. The molecule has 5 rings (SSSR count). The van der Waals surface area contributed by atoms with Crippen molar-refractivity contribution in [1.29, 1.82) is 0 Å². The van der Waals surface area contributed by atoms with Crippen molar-refractivity contribution in [2.24, 2.45) is 21.1 Å². The van der Waals surface area contributed by atoms with E-state index < -0.39 is 10.0 Å². The lowest BCUT2D eigenvalue weighted by atomic mass is 9.73. The van der Waals surface area contributed by atoms with Crippen LogP contribution in [0, 0.1) is 5.41 Å². The number of ether oxygens (including phenoxy) is 1. The van der Waals surface area contributed by atoms with Gasteiger partial charge in [-0.25, -0.2) is 13.4 Å². The summed E-state index contributed by atoms with van der Waals surface area (Å²) in [7, 11) is -1.81. The van der Waals surface area contributed by atoms with Gasteiger partial charge >= 0.3 is 0 Å². The number of likely N-dealkylation sites (tertiary alicyclic amines) is 1. The third-order valence-corrected chi connectivity index (χ3v) is 9.71. The Bertz CT molecular complexity index is 1350. The first-order chi connectivity index (χ1) is 18.1. The number of aliphatic imine (C=N–C) groups is 2. The Labute approximate surface area is 224 Å². The van der Waals surface area contributed by atoms with Gasteiger partial charge in [-0.05, 0) is 58.4 Å². The highest BCUT2D eigenvalue weighted by Crippen LogP contribution is 2.45. The van der Waals surface area contributed by atoms with Crippen LogP contribution < -0.4 is 14.9 Å². The SMILES string of the molecule is C=Nc1c(N2CCCc3c2cccc3N(C)S(C)(=O)=O)n[nH]c1N=C(C)N1CCC2(CC1)CO[C@@H](C)[C@H]2N. The summed E-state index contributed by atoms with van der Waals surface area (Å²) in [5, 5.41) is 7.64. The topological polar surface area (TPSA) is 133 Å². The number of nitrogens with zero attached hydrogens (tertiary/aromatic N) is 6. The minimum atomic E-state index is -3.39. The number of nitrogens with one attached hydrogen (secondary N) is 1. The molecule has 38 heavy (non-hydrogen) atoms. The fourth-order valence-electron chi connectivity index (χ4n) is 6.01. The zero-order valence-electron chi connectivity index (χ0n) is 22.6. The van der Waals surface area contributed by atoms with Crippen LogP contribution in [0.4, 0.5) is 28.7 Å². The van der Waals surface area contributed by atoms with E-state index in [-0.39, 0.29) is 17.6 Å². The smallest absolute Gasteiger partial charge is 0.232 e. The minimum absolute atomic E-state index is 0.0524. The van der Waals surface area contributed by atoms with Crippen molar-refractivity contribution in [2.45, 2.75) is 51.7 Å². The van der Waals surface area contributed by atoms with Gasteiger partial charge in [0.1, 0.15) is 5.84 Å². The molecule has 0 aliphatic carbocycles. The molecule has 2 atom stereocenters. The number of sulfonamides is 1. The highest BCUT2D eigenvalue weighted by molar-refractivity contribution is 7.92. The number of anilines is 3. The molecule has 0 radical (unpaired) electrons. The molecule has 0 unspecified atom stereocenters. The van der Waals surface area contributed by atoms with Gasteiger partial charge < -0.3 is 20.3 Å². The molecule has 11 nitrogen and oxygen atoms in total. The van der Waals surface area contributed by atoms with Crippen LogP contribution in [0.5, 0.6) is 0 Å². The van der Waals surface area contributed by atoms with E-state index in [2.05, 4.69) is 38.6 Å². The second-order valence-corrected chi connectivity index (χ2v) is 12.7. The average molecular weight is 543 g/mol. The number of hydrogen-bond donors (Lipinski definition) is 2. The summed E-state index contributed by atoms with van der Waals surface area (Å²) in [6.07, 6.45) is 4.89. The maximum Gasteiger partial charge on any atom is 0.232 e. The Morgan fingerprint density at radius 2 is 2.05 bits per heavy atom. The standard InChI is InChI=1S/C26H38N8O3S/c1-17-23(27)26(16-37-17)11-14-33(15-12-26)18(2)29-24-22(28-3)25(31-30-24)34-13-7-8-19-20(9-6-10-21(19)34)32(4)38(5,35)36/h6,9-10,17,23H,3,7-8,11-16,27H2,1-2,4-5H3,(H,30,31)/t17-,23+/m0/s1. The van der Waals surface area contributed by atoms with Crippen molar-refractivity contribution in [3.8, 4) is 0 Å². The lowest BCUT2D eigenvalue weighted by Crippen LogP contribution is -2.51. The molecule has 2 fully saturated rings. The van der Waals surface area contributed by atoms with Gasteiger partial charge in [0.05, 0.1) is 24.7 Å². The Balaban J connectivity index is 1.40. The van der Waals surface area contributed by atoms with Crippen molar-refractivity contribution in [2.75, 3.05) is 48.7 Å². The van der Waals surface area contributed by atoms with E-state index >= 15 is 0 Å². The summed E-state index contributed by atoms with van der Waals surface area (Å²) in [6.45, 7) is 11.1. The molecule has 12 heteroatoms. The highest BCUT2D eigenvalue weighted by atomic mass is 32.2. The summed E-state index contributed by atoms with van der Waals surface area (Å²) < 4.78 is 31.7. The molecule has 3 aliphatic rings. The Morgan fingerprint density at radius 1 is 1.32 bits per heavy atom. The van der Waals surface area contributed by atoms with Gasteiger partial charge in [0, 0.05) is 49.4 Å². The van der Waals surface area contributed by atoms with Gasteiger partial charge in [0.15, 0.2) is 17.3 Å². The first kappa shape index (κ1) is 26.6. The number of aromatic nitrogens is 2. The average Bonchev–Trinajstić information content (AvgIpc) is 3.43. The summed E-state index contributed by atoms with van der Waals surface area (Å²) in [5.41, 5.74) is 9.67. The van der Waals surface area contributed by atoms with Crippen LogP contribution in [-0.4, -0.2) is 87.8 Å². The number of amidine groups is 1. The predicted octanol–water partition coefficient (Wildman–Crippen LogP) is 3.10. The monoisotopic (exact) mass is 542 g/mol. The summed E-state index contributed by atoms with van der Waals surface area (Å²) in [4.78, 5) is 13.5. The maximum atomic E-state index is 12.2. The van der Waals surface area contributed by atoms with Crippen LogP contribution in [-0.2, 0) is 21.2 Å².